The number of rotatable bonds is 5. The largest absolute Gasteiger partial charge is 0.478 e. The molecule has 0 saturated heterocycles. The van der Waals surface area contributed by atoms with Crippen LogP contribution in [0.3, 0.4) is 0 Å². The molecule has 0 spiro atoms. The zero-order valence-electron chi connectivity index (χ0n) is 17.1. The fraction of sp³-hybridized carbons (Fsp3) is 0.217. The van der Waals surface area contributed by atoms with Crippen LogP contribution >= 0.6 is 0 Å². The molecule has 3 N–H and O–H groups in total. The molecule has 0 aliphatic carbocycles. The lowest BCUT2D eigenvalue weighted by molar-refractivity contribution is 0.0696. The summed E-state index contributed by atoms with van der Waals surface area (Å²) >= 11 is -2.29. The van der Waals surface area contributed by atoms with Crippen molar-refractivity contribution in [3.05, 3.63) is 83.7 Å². The van der Waals surface area contributed by atoms with E-state index in [0.717, 1.165) is 16.8 Å². The molecule has 3 aromatic rings. The number of benzene rings is 2. The van der Waals surface area contributed by atoms with Crippen molar-refractivity contribution in [3.8, 4) is 0 Å². The number of fused-ring (bicyclic) bond motifs is 1. The fourth-order valence-electron chi connectivity index (χ4n) is 4.16. The zero-order chi connectivity index (χ0) is 22.2. The molecule has 0 fully saturated rings. The van der Waals surface area contributed by atoms with Gasteiger partial charge in [0.15, 0.2) is 0 Å². The van der Waals surface area contributed by atoms with Crippen LogP contribution in [0.5, 0.6) is 0 Å². The van der Waals surface area contributed by atoms with Crippen LogP contribution in [-0.4, -0.2) is 24.8 Å². The van der Waals surface area contributed by atoms with Gasteiger partial charge in [-0.25, -0.2) is 13.3 Å². The molecule has 1 aliphatic rings. The van der Waals surface area contributed by atoms with E-state index < -0.39 is 17.2 Å². The summed E-state index contributed by atoms with van der Waals surface area (Å²) in [7, 11) is 0. The molecule has 2 aromatic carbocycles. The Labute approximate surface area is 183 Å². The molecule has 31 heavy (non-hydrogen) atoms. The number of anilines is 3. The second kappa shape index (κ2) is 8.13. The number of carboxylic acids is 1. The molecule has 7 nitrogen and oxygen atoms in total. The smallest absolute Gasteiger partial charge is 0.335 e. The molecule has 2 unspecified atom stereocenters. The van der Waals surface area contributed by atoms with Crippen molar-refractivity contribution in [2.45, 2.75) is 31.7 Å². The van der Waals surface area contributed by atoms with Crippen molar-refractivity contribution in [2.75, 3.05) is 9.62 Å². The van der Waals surface area contributed by atoms with Gasteiger partial charge in [-0.15, -0.1) is 0 Å². The number of para-hydroxylation sites is 1. The van der Waals surface area contributed by atoms with E-state index >= 15 is 0 Å². The normalized spacial score (nSPS) is 17.8. The Morgan fingerprint density at radius 1 is 1.19 bits per heavy atom. The topological polar surface area (TPSA) is 103 Å². The number of nitrogens with zero attached hydrogens (tertiary/aromatic N) is 2. The molecular formula is C23H23N3O4S. The minimum atomic E-state index is -2.29. The van der Waals surface area contributed by atoms with Crippen molar-refractivity contribution >= 4 is 34.3 Å². The van der Waals surface area contributed by atoms with Crippen molar-refractivity contribution in [3.63, 3.8) is 0 Å². The van der Waals surface area contributed by atoms with E-state index in [1.54, 1.807) is 42.7 Å². The lowest BCUT2D eigenvalue weighted by Crippen LogP contribution is -2.32. The van der Waals surface area contributed by atoms with Crippen LogP contribution < -0.4 is 9.62 Å². The quantitative estimate of drug-likeness (QED) is 0.491. The average Bonchev–Trinajstić information content (AvgIpc) is 2.74. The first kappa shape index (κ1) is 21.0. The van der Waals surface area contributed by atoms with Gasteiger partial charge in [0.25, 0.3) is 11.3 Å². The van der Waals surface area contributed by atoms with Gasteiger partial charge in [0, 0.05) is 11.9 Å². The van der Waals surface area contributed by atoms with Gasteiger partial charge in [0.2, 0.25) is 0 Å². The summed E-state index contributed by atoms with van der Waals surface area (Å²) < 4.78 is 23.7. The van der Waals surface area contributed by atoms with E-state index in [-0.39, 0.29) is 17.0 Å². The SMILES string of the molecule is CC1(C)CC(c2ccccc2N(c2cccnc2)S(=O)O)Nc2ccc(C(=O)O)cc21. The van der Waals surface area contributed by atoms with Crippen LogP contribution in [0, 0.1) is 0 Å². The lowest BCUT2D eigenvalue weighted by atomic mass is 9.73. The maximum absolute atomic E-state index is 12.3. The molecule has 1 aliphatic heterocycles. The van der Waals surface area contributed by atoms with Gasteiger partial charge in [0.1, 0.15) is 0 Å². The van der Waals surface area contributed by atoms with E-state index in [9.17, 15) is 18.7 Å². The van der Waals surface area contributed by atoms with Crippen molar-refractivity contribution < 1.29 is 18.7 Å². The molecule has 0 amide bonds. The second-order valence-corrected chi connectivity index (χ2v) is 8.97. The molecule has 4 rings (SSSR count). The van der Waals surface area contributed by atoms with E-state index in [4.69, 9.17) is 0 Å². The zero-order valence-corrected chi connectivity index (χ0v) is 18.0. The first-order chi connectivity index (χ1) is 14.8. The van der Waals surface area contributed by atoms with E-state index in [1.807, 2.05) is 24.3 Å². The Morgan fingerprint density at radius 3 is 2.65 bits per heavy atom. The third kappa shape index (κ3) is 4.04. The highest BCUT2D eigenvalue weighted by molar-refractivity contribution is 7.81. The predicted molar refractivity (Wildman–Crippen MR) is 121 cm³/mol. The van der Waals surface area contributed by atoms with Crippen LogP contribution in [0.1, 0.15) is 47.8 Å². The molecule has 0 saturated carbocycles. The number of hydrogen-bond donors (Lipinski definition) is 3. The Kier molecular flexibility index (Phi) is 5.51. The number of nitrogens with one attached hydrogen (secondary N) is 1. The van der Waals surface area contributed by atoms with Crippen LogP contribution in [0.25, 0.3) is 0 Å². The van der Waals surface area contributed by atoms with Gasteiger partial charge < -0.3 is 10.4 Å². The molecule has 0 radical (unpaired) electrons. The second-order valence-electron chi connectivity index (χ2n) is 8.15. The highest BCUT2D eigenvalue weighted by Crippen LogP contribution is 2.46. The van der Waals surface area contributed by atoms with Gasteiger partial charge in [-0.1, -0.05) is 32.0 Å². The van der Waals surface area contributed by atoms with E-state index in [0.29, 0.717) is 17.8 Å². The van der Waals surface area contributed by atoms with Crippen LogP contribution in [0.4, 0.5) is 17.1 Å². The number of aromatic nitrogens is 1. The van der Waals surface area contributed by atoms with Gasteiger partial charge in [0.05, 0.1) is 29.2 Å². The maximum Gasteiger partial charge on any atom is 0.335 e. The van der Waals surface area contributed by atoms with Crippen molar-refractivity contribution in [1.82, 2.24) is 4.98 Å². The standard InChI is InChI=1S/C23H23N3O4S/c1-23(2)13-20(25-19-10-9-15(22(27)28)12-18(19)23)17-7-3-4-8-21(17)26(31(29)30)16-6-5-11-24-14-16/h3-12,14,20,25H,13H2,1-2H3,(H,27,28)(H,29,30). The molecule has 2 heterocycles. The number of hydrogen-bond acceptors (Lipinski definition) is 4. The molecule has 160 valence electrons. The lowest BCUT2D eigenvalue weighted by Gasteiger charge is -2.40. The minimum Gasteiger partial charge on any atom is -0.478 e. The molecule has 0 bridgehead atoms. The molecule has 2 atom stereocenters. The Morgan fingerprint density at radius 2 is 1.97 bits per heavy atom. The number of aromatic carboxylic acids is 1. The highest BCUT2D eigenvalue weighted by Gasteiger charge is 2.35. The number of pyridine rings is 1. The summed E-state index contributed by atoms with van der Waals surface area (Å²) in [5.74, 6) is -0.955. The molecule has 8 heteroatoms. The minimum absolute atomic E-state index is 0.142. The molecule has 1 aromatic heterocycles. The number of carboxylic acid groups (broad SMARTS) is 1. The third-order valence-corrected chi connectivity index (χ3v) is 6.33. The maximum atomic E-state index is 12.3. The van der Waals surface area contributed by atoms with Gasteiger partial charge in [-0.2, -0.15) is 0 Å². The third-order valence-electron chi connectivity index (χ3n) is 5.61. The first-order valence-electron chi connectivity index (χ1n) is 9.82. The monoisotopic (exact) mass is 437 g/mol. The van der Waals surface area contributed by atoms with Gasteiger partial charge in [-0.05, 0) is 59.4 Å². The van der Waals surface area contributed by atoms with E-state index in [2.05, 4.69) is 24.1 Å². The Hall–Kier alpha value is -3.23. The van der Waals surface area contributed by atoms with Gasteiger partial charge >= 0.3 is 5.97 Å². The highest BCUT2D eigenvalue weighted by atomic mass is 32.2. The molecular weight excluding hydrogens is 414 g/mol. The van der Waals surface area contributed by atoms with Crippen LogP contribution in [-0.2, 0) is 16.7 Å². The summed E-state index contributed by atoms with van der Waals surface area (Å²) in [5, 5.41) is 12.9. The van der Waals surface area contributed by atoms with Crippen molar-refractivity contribution in [2.24, 2.45) is 0 Å². The summed E-state index contributed by atoms with van der Waals surface area (Å²) in [6.07, 6.45) is 3.84. The summed E-state index contributed by atoms with van der Waals surface area (Å²) in [5.41, 5.74) is 3.74. The number of carbonyl (C=O) groups is 1. The first-order valence-corrected chi connectivity index (χ1v) is 10.9. The van der Waals surface area contributed by atoms with E-state index in [1.165, 1.54) is 4.31 Å². The fourth-order valence-corrected chi connectivity index (χ4v) is 4.79. The van der Waals surface area contributed by atoms with Crippen LogP contribution in [0.2, 0.25) is 0 Å². The summed E-state index contributed by atoms with van der Waals surface area (Å²) in [4.78, 5) is 15.5. The Bertz CT molecular complexity index is 1150. The summed E-state index contributed by atoms with van der Waals surface area (Å²) in [6.45, 7) is 4.16. The van der Waals surface area contributed by atoms with Gasteiger partial charge in [-0.3, -0.25) is 9.54 Å². The summed E-state index contributed by atoms with van der Waals surface area (Å²) in [6, 6.07) is 15.9. The predicted octanol–water partition coefficient (Wildman–Crippen LogP) is 4.89. The van der Waals surface area contributed by atoms with Crippen LogP contribution in [0.15, 0.2) is 67.0 Å². The average molecular weight is 438 g/mol. The van der Waals surface area contributed by atoms with Crippen molar-refractivity contribution in [1.29, 1.82) is 0 Å². The Balaban J connectivity index is 1.78.